The summed E-state index contributed by atoms with van der Waals surface area (Å²) in [7, 11) is 3.10. The van der Waals surface area contributed by atoms with E-state index in [9.17, 15) is 14.4 Å². The summed E-state index contributed by atoms with van der Waals surface area (Å²) in [4.78, 5) is 40.0. The number of anilines is 1. The van der Waals surface area contributed by atoms with Crippen LogP contribution in [-0.2, 0) is 11.3 Å². The van der Waals surface area contributed by atoms with E-state index in [0.717, 1.165) is 29.1 Å². The summed E-state index contributed by atoms with van der Waals surface area (Å²) < 4.78 is 5.43. The van der Waals surface area contributed by atoms with Gasteiger partial charge in [0.25, 0.3) is 11.8 Å². The van der Waals surface area contributed by atoms with Crippen LogP contribution in [0.15, 0.2) is 42.5 Å². The molecular weight excluding hydrogens is 370 g/mol. The molecule has 2 aromatic carbocycles. The van der Waals surface area contributed by atoms with Crippen LogP contribution in [0.1, 0.15) is 39.1 Å². The Kier molecular flexibility index (Phi) is 5.07. The molecule has 2 aliphatic rings. The molecule has 0 bridgehead atoms. The maximum atomic E-state index is 12.7. The van der Waals surface area contributed by atoms with E-state index in [1.165, 1.54) is 7.05 Å². The summed E-state index contributed by atoms with van der Waals surface area (Å²) in [6.45, 7) is 0.872. The van der Waals surface area contributed by atoms with Crippen LogP contribution >= 0.6 is 0 Å². The van der Waals surface area contributed by atoms with Crippen LogP contribution in [0.5, 0.6) is 5.75 Å². The second-order valence-electron chi connectivity index (χ2n) is 7.43. The molecule has 0 unspecified atom stereocenters. The minimum atomic E-state index is -0.350. The van der Waals surface area contributed by atoms with E-state index in [1.54, 1.807) is 25.3 Å². The quantitative estimate of drug-likeness (QED) is 0.732. The fraction of sp³-hybridized carbons (Fsp3) is 0.318. The second kappa shape index (κ2) is 7.67. The Labute approximate surface area is 169 Å². The Morgan fingerprint density at radius 3 is 2.59 bits per heavy atom. The molecule has 0 atom stereocenters. The summed E-state index contributed by atoms with van der Waals surface area (Å²) in [6.07, 6.45) is 2.15. The first-order valence-electron chi connectivity index (χ1n) is 9.60. The van der Waals surface area contributed by atoms with E-state index in [1.807, 2.05) is 24.3 Å². The lowest BCUT2D eigenvalue weighted by Gasteiger charge is -2.22. The second-order valence-corrected chi connectivity index (χ2v) is 7.43. The van der Waals surface area contributed by atoms with Crippen molar-refractivity contribution in [3.63, 3.8) is 0 Å². The van der Waals surface area contributed by atoms with Gasteiger partial charge in [0.2, 0.25) is 5.91 Å². The fourth-order valence-electron chi connectivity index (χ4n) is 3.63. The molecule has 7 heteroatoms. The van der Waals surface area contributed by atoms with Gasteiger partial charge in [-0.15, -0.1) is 0 Å². The molecule has 1 aliphatic heterocycles. The first-order chi connectivity index (χ1) is 14.0. The SMILES string of the molecule is COc1ccccc1CN(CC(=O)Nc1ccc2c(c1)C(=O)N(C)C2=O)C1CC1. The van der Waals surface area contributed by atoms with Crippen molar-refractivity contribution >= 4 is 23.4 Å². The van der Waals surface area contributed by atoms with Gasteiger partial charge < -0.3 is 10.1 Å². The zero-order valence-electron chi connectivity index (χ0n) is 16.5. The van der Waals surface area contributed by atoms with E-state index in [4.69, 9.17) is 4.74 Å². The highest BCUT2D eigenvalue weighted by Gasteiger charge is 2.33. The molecule has 1 N–H and O–H groups in total. The minimum absolute atomic E-state index is 0.156. The number of benzene rings is 2. The van der Waals surface area contributed by atoms with Crippen molar-refractivity contribution in [3.05, 3.63) is 59.2 Å². The van der Waals surface area contributed by atoms with Gasteiger partial charge in [-0.25, -0.2) is 0 Å². The molecule has 1 fully saturated rings. The number of carbonyl (C=O) groups is 3. The monoisotopic (exact) mass is 393 g/mol. The predicted octanol–water partition coefficient (Wildman–Crippen LogP) is 2.52. The Morgan fingerprint density at radius 2 is 1.86 bits per heavy atom. The van der Waals surface area contributed by atoms with Crippen LogP contribution in [0.25, 0.3) is 0 Å². The Morgan fingerprint density at radius 1 is 1.14 bits per heavy atom. The number of amides is 3. The third-order valence-corrected chi connectivity index (χ3v) is 5.35. The van der Waals surface area contributed by atoms with Gasteiger partial charge in [-0.3, -0.25) is 24.2 Å². The number of hydrogen-bond acceptors (Lipinski definition) is 5. The van der Waals surface area contributed by atoms with Crippen LogP contribution < -0.4 is 10.1 Å². The maximum absolute atomic E-state index is 12.7. The predicted molar refractivity (Wildman–Crippen MR) is 108 cm³/mol. The van der Waals surface area contributed by atoms with Crippen molar-refractivity contribution in [3.8, 4) is 5.75 Å². The molecule has 1 saturated carbocycles. The highest BCUT2D eigenvalue weighted by Crippen LogP contribution is 2.30. The molecule has 0 saturated heterocycles. The molecule has 3 amide bonds. The van der Waals surface area contributed by atoms with Crippen molar-refractivity contribution in [1.82, 2.24) is 9.80 Å². The average molecular weight is 393 g/mol. The van der Waals surface area contributed by atoms with E-state index < -0.39 is 0 Å². The first-order valence-corrected chi connectivity index (χ1v) is 9.60. The molecule has 7 nitrogen and oxygen atoms in total. The lowest BCUT2D eigenvalue weighted by molar-refractivity contribution is -0.117. The molecule has 150 valence electrons. The minimum Gasteiger partial charge on any atom is -0.496 e. The van der Waals surface area contributed by atoms with Gasteiger partial charge in [0.05, 0.1) is 24.8 Å². The van der Waals surface area contributed by atoms with Gasteiger partial charge in [0.15, 0.2) is 0 Å². The van der Waals surface area contributed by atoms with Crippen LogP contribution in [0.4, 0.5) is 5.69 Å². The molecule has 0 radical (unpaired) electrons. The lowest BCUT2D eigenvalue weighted by atomic mass is 10.1. The van der Waals surface area contributed by atoms with Gasteiger partial charge in [-0.05, 0) is 37.1 Å². The number of rotatable bonds is 7. The summed E-state index contributed by atoms with van der Waals surface area (Å²) in [6, 6.07) is 13.0. The normalized spacial score (nSPS) is 15.6. The molecule has 2 aromatic rings. The first kappa shape index (κ1) is 19.1. The fourth-order valence-corrected chi connectivity index (χ4v) is 3.63. The van der Waals surface area contributed by atoms with Crippen LogP contribution in [0.2, 0.25) is 0 Å². The van der Waals surface area contributed by atoms with Crippen LogP contribution in [-0.4, -0.2) is 54.3 Å². The molecular formula is C22H23N3O4. The smallest absolute Gasteiger partial charge is 0.261 e. The third kappa shape index (κ3) is 3.86. The highest BCUT2D eigenvalue weighted by molar-refractivity contribution is 6.21. The molecule has 0 aromatic heterocycles. The van der Waals surface area contributed by atoms with Crippen molar-refractivity contribution < 1.29 is 19.1 Å². The topological polar surface area (TPSA) is 79.0 Å². The standard InChI is InChI=1S/C22H23N3O4/c1-24-21(27)17-10-7-15(11-18(17)22(24)28)23-20(26)13-25(16-8-9-16)12-14-5-3-4-6-19(14)29-2/h3-7,10-11,16H,8-9,12-13H2,1-2H3,(H,23,26). The summed E-state index contributed by atoms with van der Waals surface area (Å²) in [5.74, 6) is -0.0159. The molecule has 0 spiro atoms. The van der Waals surface area contributed by atoms with Gasteiger partial charge in [-0.2, -0.15) is 0 Å². The van der Waals surface area contributed by atoms with Crippen molar-refractivity contribution in [1.29, 1.82) is 0 Å². The number of carbonyl (C=O) groups excluding carboxylic acids is 3. The highest BCUT2D eigenvalue weighted by atomic mass is 16.5. The maximum Gasteiger partial charge on any atom is 0.261 e. The Balaban J connectivity index is 1.45. The number of para-hydroxylation sites is 1. The number of fused-ring (bicyclic) bond motifs is 1. The van der Waals surface area contributed by atoms with Gasteiger partial charge >= 0.3 is 0 Å². The van der Waals surface area contributed by atoms with E-state index in [0.29, 0.717) is 29.4 Å². The van der Waals surface area contributed by atoms with E-state index in [2.05, 4.69) is 10.2 Å². The van der Waals surface area contributed by atoms with Gasteiger partial charge in [-0.1, -0.05) is 18.2 Å². The van der Waals surface area contributed by atoms with E-state index in [-0.39, 0.29) is 24.3 Å². The number of hydrogen-bond donors (Lipinski definition) is 1. The van der Waals surface area contributed by atoms with Gasteiger partial charge in [0.1, 0.15) is 5.75 Å². The average Bonchev–Trinajstić information content (AvgIpc) is 3.54. The number of nitrogens with zero attached hydrogens (tertiary/aromatic N) is 2. The zero-order chi connectivity index (χ0) is 20.5. The molecule has 1 heterocycles. The summed E-state index contributed by atoms with van der Waals surface area (Å²) in [5.41, 5.74) is 2.24. The van der Waals surface area contributed by atoms with Crippen molar-refractivity contribution in [2.75, 3.05) is 26.0 Å². The van der Waals surface area contributed by atoms with E-state index >= 15 is 0 Å². The number of nitrogens with one attached hydrogen (secondary N) is 1. The summed E-state index contributed by atoms with van der Waals surface area (Å²) in [5, 5.41) is 2.86. The number of methoxy groups -OCH3 is 1. The summed E-state index contributed by atoms with van der Waals surface area (Å²) >= 11 is 0. The van der Waals surface area contributed by atoms with Gasteiger partial charge in [0, 0.05) is 30.9 Å². The molecule has 4 rings (SSSR count). The molecule has 29 heavy (non-hydrogen) atoms. The zero-order valence-corrected chi connectivity index (χ0v) is 16.5. The third-order valence-electron chi connectivity index (χ3n) is 5.35. The Hall–Kier alpha value is -3.19. The number of ether oxygens (including phenoxy) is 1. The Bertz CT molecular complexity index is 984. The lowest BCUT2D eigenvalue weighted by Crippen LogP contribution is -2.34. The number of imide groups is 1. The van der Waals surface area contributed by atoms with Crippen LogP contribution in [0.3, 0.4) is 0 Å². The van der Waals surface area contributed by atoms with Crippen molar-refractivity contribution in [2.45, 2.75) is 25.4 Å². The van der Waals surface area contributed by atoms with Crippen molar-refractivity contribution in [2.24, 2.45) is 0 Å². The largest absolute Gasteiger partial charge is 0.496 e. The molecule has 1 aliphatic carbocycles. The van der Waals surface area contributed by atoms with Crippen LogP contribution in [0, 0.1) is 0 Å².